The van der Waals surface area contributed by atoms with E-state index in [1.54, 1.807) is 0 Å². The van der Waals surface area contributed by atoms with E-state index < -0.39 is 6.29 Å². The summed E-state index contributed by atoms with van der Waals surface area (Å²) in [5, 5.41) is 31.8. The van der Waals surface area contributed by atoms with E-state index in [1.807, 2.05) is 6.07 Å². The number of unbranched alkanes of at least 4 members (excludes halogenated alkanes) is 2. The van der Waals surface area contributed by atoms with Crippen LogP contribution in [0.1, 0.15) is 88.7 Å². The first-order valence-corrected chi connectivity index (χ1v) is 14.4. The summed E-state index contributed by atoms with van der Waals surface area (Å²) < 4.78 is 12.1. The Labute approximate surface area is 211 Å². The highest BCUT2D eigenvalue weighted by Gasteiger charge is 2.45. The zero-order chi connectivity index (χ0) is 24.4. The Morgan fingerprint density at radius 3 is 2.66 bits per heavy atom. The van der Waals surface area contributed by atoms with Crippen LogP contribution in [0.25, 0.3) is 0 Å². The van der Waals surface area contributed by atoms with Gasteiger partial charge in [0.25, 0.3) is 0 Å². The Kier molecular flexibility index (Phi) is 8.38. The molecule has 9 atom stereocenters. The maximum Gasteiger partial charge on any atom is 0.189 e. The molecule has 0 spiro atoms. The molecule has 1 aromatic rings. The lowest BCUT2D eigenvalue weighted by Gasteiger charge is -2.33. The molecule has 3 fully saturated rings. The zero-order valence-electron chi connectivity index (χ0n) is 21.5. The van der Waals surface area contributed by atoms with E-state index in [4.69, 9.17) is 9.47 Å². The van der Waals surface area contributed by atoms with Crippen molar-refractivity contribution in [3.05, 3.63) is 29.3 Å². The van der Waals surface area contributed by atoms with E-state index in [0.29, 0.717) is 17.8 Å². The molecule has 0 amide bonds. The number of benzene rings is 1. The third-order valence-corrected chi connectivity index (χ3v) is 9.71. The number of aliphatic hydroxyl groups excluding tert-OH is 3. The van der Waals surface area contributed by atoms with Crippen LogP contribution < -0.4 is 4.74 Å². The first-order chi connectivity index (χ1) is 17.0. The van der Waals surface area contributed by atoms with Gasteiger partial charge in [0.05, 0.1) is 18.3 Å². The molecular weight excluding hydrogens is 440 g/mol. The summed E-state index contributed by atoms with van der Waals surface area (Å²) in [5.41, 5.74) is 2.56. The van der Waals surface area contributed by atoms with Crippen molar-refractivity contribution in [2.24, 2.45) is 29.6 Å². The number of rotatable bonds is 12. The monoisotopic (exact) mass is 486 g/mol. The topological polar surface area (TPSA) is 79.2 Å². The summed E-state index contributed by atoms with van der Waals surface area (Å²) in [6.07, 6.45) is 12.5. The van der Waals surface area contributed by atoms with Gasteiger partial charge in [0.15, 0.2) is 6.29 Å². The maximum absolute atomic E-state index is 10.9. The lowest BCUT2D eigenvalue weighted by Crippen LogP contribution is -2.31. The molecule has 2 bridgehead atoms. The van der Waals surface area contributed by atoms with Crippen LogP contribution in [0.5, 0.6) is 5.75 Å². The molecule has 0 radical (unpaired) electrons. The van der Waals surface area contributed by atoms with Crippen molar-refractivity contribution in [2.45, 2.75) is 115 Å². The second-order valence-electron chi connectivity index (χ2n) is 12.0. The fraction of sp³-hybridized carbons (Fsp3) is 0.800. The fourth-order valence-electron chi connectivity index (χ4n) is 7.85. The normalized spacial score (nSPS) is 35.0. The molecule has 5 heteroatoms. The van der Waals surface area contributed by atoms with Crippen LogP contribution in [0.2, 0.25) is 0 Å². The fourth-order valence-corrected chi connectivity index (χ4v) is 7.85. The molecular formula is C30H46O5. The highest BCUT2D eigenvalue weighted by atomic mass is 16.6. The second kappa shape index (κ2) is 11.5. The standard InChI is InChI=1S/C30H46O5/c1-2-3-4-7-23(31)11-12-24-25-15-20-6-5-8-28(26(20)16-22(25)17-27(24)32)34-18-30(33)35-29-14-19-9-10-21(29)13-19/h5-6,8,19,21-25,27,29-33H,2-4,7,9-18H2,1H3/t19?,21-,22+,23-,24-,25+,27-,29+,30?/m1/s1. The van der Waals surface area contributed by atoms with Crippen molar-refractivity contribution in [3.63, 3.8) is 0 Å². The largest absolute Gasteiger partial charge is 0.488 e. The average molecular weight is 487 g/mol. The lowest BCUT2D eigenvalue weighted by molar-refractivity contribution is -0.163. The van der Waals surface area contributed by atoms with E-state index >= 15 is 0 Å². The van der Waals surface area contributed by atoms with Crippen molar-refractivity contribution in [3.8, 4) is 5.75 Å². The molecule has 0 saturated heterocycles. The smallest absolute Gasteiger partial charge is 0.189 e. The Hall–Kier alpha value is -1.14. The van der Waals surface area contributed by atoms with E-state index in [9.17, 15) is 15.3 Å². The maximum atomic E-state index is 10.9. The first-order valence-electron chi connectivity index (χ1n) is 14.4. The second-order valence-corrected chi connectivity index (χ2v) is 12.0. The minimum absolute atomic E-state index is 0.166. The van der Waals surface area contributed by atoms with Gasteiger partial charge in [0, 0.05) is 0 Å². The first kappa shape index (κ1) is 25.5. The predicted octanol–water partition coefficient (Wildman–Crippen LogP) is 5.02. The lowest BCUT2D eigenvalue weighted by atomic mass is 9.73. The predicted molar refractivity (Wildman–Crippen MR) is 136 cm³/mol. The van der Waals surface area contributed by atoms with Gasteiger partial charge in [0.1, 0.15) is 12.4 Å². The third kappa shape index (κ3) is 5.89. The molecule has 0 aliphatic heterocycles. The molecule has 0 aromatic heterocycles. The molecule has 5 rings (SSSR count). The van der Waals surface area contributed by atoms with Crippen LogP contribution in [0.3, 0.4) is 0 Å². The summed E-state index contributed by atoms with van der Waals surface area (Å²) in [4.78, 5) is 0. The Balaban J connectivity index is 1.15. The highest BCUT2D eigenvalue weighted by molar-refractivity contribution is 5.43. The van der Waals surface area contributed by atoms with Crippen LogP contribution in [0, 0.1) is 29.6 Å². The van der Waals surface area contributed by atoms with E-state index in [2.05, 4.69) is 19.1 Å². The third-order valence-electron chi connectivity index (χ3n) is 9.71. The molecule has 35 heavy (non-hydrogen) atoms. The van der Waals surface area contributed by atoms with Gasteiger partial charge in [-0.15, -0.1) is 0 Å². The van der Waals surface area contributed by atoms with Crippen LogP contribution in [-0.2, 0) is 17.6 Å². The van der Waals surface area contributed by atoms with Crippen LogP contribution in [-0.4, -0.2) is 46.5 Å². The Bertz CT molecular complexity index is 827. The summed E-state index contributed by atoms with van der Waals surface area (Å²) >= 11 is 0. The minimum atomic E-state index is -0.881. The molecule has 4 aliphatic carbocycles. The van der Waals surface area contributed by atoms with Gasteiger partial charge in [0.2, 0.25) is 0 Å². The van der Waals surface area contributed by atoms with E-state index in [1.165, 1.54) is 43.2 Å². The number of hydrogen-bond donors (Lipinski definition) is 3. The van der Waals surface area contributed by atoms with Crippen LogP contribution in [0.4, 0.5) is 0 Å². The van der Waals surface area contributed by atoms with Crippen LogP contribution >= 0.6 is 0 Å². The Morgan fingerprint density at radius 1 is 1.00 bits per heavy atom. The number of ether oxygens (including phenoxy) is 2. The SMILES string of the molecule is CCCCC[C@@H](O)CC[C@@H]1[C@H]2Cc3cccc(OCC(O)O[C@H]4CC5CC[C@@H]4C5)c3C[C@H]2C[C@H]1O. The number of aliphatic hydroxyl groups is 3. The van der Waals surface area contributed by atoms with E-state index in [-0.39, 0.29) is 30.8 Å². The van der Waals surface area contributed by atoms with Gasteiger partial charge in [-0.1, -0.05) is 38.3 Å². The molecule has 1 aromatic carbocycles. The van der Waals surface area contributed by atoms with Crippen molar-refractivity contribution in [1.82, 2.24) is 0 Å². The van der Waals surface area contributed by atoms with Gasteiger partial charge < -0.3 is 24.8 Å². The summed E-state index contributed by atoms with van der Waals surface area (Å²) in [5.74, 6) is 3.48. The highest BCUT2D eigenvalue weighted by Crippen LogP contribution is 2.49. The molecule has 3 saturated carbocycles. The van der Waals surface area contributed by atoms with Crippen molar-refractivity contribution < 1.29 is 24.8 Å². The average Bonchev–Trinajstić information content (AvgIpc) is 3.54. The quantitative estimate of drug-likeness (QED) is 0.286. The molecule has 0 heterocycles. The number of hydrogen-bond acceptors (Lipinski definition) is 5. The van der Waals surface area contributed by atoms with Gasteiger partial charge in [-0.05, 0) is 111 Å². The van der Waals surface area contributed by atoms with Crippen LogP contribution in [0.15, 0.2) is 18.2 Å². The van der Waals surface area contributed by atoms with Gasteiger partial charge >= 0.3 is 0 Å². The molecule has 5 nitrogen and oxygen atoms in total. The molecule has 196 valence electrons. The number of fused-ring (bicyclic) bond motifs is 4. The van der Waals surface area contributed by atoms with Gasteiger partial charge in [-0.25, -0.2) is 0 Å². The van der Waals surface area contributed by atoms with Crippen molar-refractivity contribution in [1.29, 1.82) is 0 Å². The minimum Gasteiger partial charge on any atom is -0.488 e. The summed E-state index contributed by atoms with van der Waals surface area (Å²) in [6, 6.07) is 6.26. The van der Waals surface area contributed by atoms with Gasteiger partial charge in [-0.2, -0.15) is 0 Å². The van der Waals surface area contributed by atoms with Gasteiger partial charge in [-0.3, -0.25) is 0 Å². The molecule has 2 unspecified atom stereocenters. The Morgan fingerprint density at radius 2 is 1.89 bits per heavy atom. The summed E-state index contributed by atoms with van der Waals surface area (Å²) in [6.45, 7) is 2.35. The van der Waals surface area contributed by atoms with E-state index in [0.717, 1.165) is 63.0 Å². The zero-order valence-corrected chi connectivity index (χ0v) is 21.5. The van der Waals surface area contributed by atoms with Crippen molar-refractivity contribution >= 4 is 0 Å². The molecule has 4 aliphatic rings. The summed E-state index contributed by atoms with van der Waals surface area (Å²) in [7, 11) is 0. The molecule has 3 N–H and O–H groups in total. The van der Waals surface area contributed by atoms with Crippen molar-refractivity contribution in [2.75, 3.05) is 6.61 Å².